The van der Waals surface area contributed by atoms with Crippen molar-refractivity contribution in [3.8, 4) is 0 Å². The summed E-state index contributed by atoms with van der Waals surface area (Å²) in [5.74, 6) is 0. The van der Waals surface area contributed by atoms with Gasteiger partial charge in [-0.25, -0.2) is 0 Å². The van der Waals surface area contributed by atoms with E-state index < -0.39 is 5.31 Å². The second-order valence-electron chi connectivity index (χ2n) is 10.4. The van der Waals surface area contributed by atoms with Gasteiger partial charge in [-0.1, -0.05) is 64.7 Å². The van der Waals surface area contributed by atoms with E-state index >= 15 is 0 Å². The van der Waals surface area contributed by atoms with E-state index in [-0.39, 0.29) is 0 Å². The maximum atomic E-state index is 3.97. The molecule has 0 aliphatic carbocycles. The Kier molecular flexibility index (Phi) is 18.3. The Morgan fingerprint density at radius 1 is 0.407 bits per heavy atom. The second kappa shape index (κ2) is 17.7. The minimum atomic E-state index is -1.41. The second-order valence-corrected chi connectivity index (χ2v) is 24.5. The van der Waals surface area contributed by atoms with E-state index in [1.165, 1.54) is 135 Å². The molecule has 0 aliphatic heterocycles. The van der Waals surface area contributed by atoms with E-state index in [9.17, 15) is 0 Å². The molecule has 0 fully saturated rings. The summed E-state index contributed by atoms with van der Waals surface area (Å²) in [4.78, 5) is 0. The number of hydrogen-bond acceptors (Lipinski definition) is 0. The van der Waals surface area contributed by atoms with E-state index in [1.54, 1.807) is 0 Å². The molecule has 0 heterocycles. The van der Waals surface area contributed by atoms with Crippen LogP contribution in [0, 0.1) is 0 Å². The van der Waals surface area contributed by atoms with Gasteiger partial charge in [0.1, 0.15) is 0 Å². The molecule has 0 radical (unpaired) electrons. The zero-order valence-corrected chi connectivity index (χ0v) is 22.2. The molecule has 0 saturated carbocycles. The summed E-state index contributed by atoms with van der Waals surface area (Å²) in [7, 11) is 0. The molecule has 2 heteroatoms. The molecule has 0 unspecified atom stereocenters. The number of unbranched alkanes of at least 4 members (excludes halogenated alkanes) is 19. The van der Waals surface area contributed by atoms with E-state index in [0.717, 1.165) is 0 Å². The van der Waals surface area contributed by atoms with Crippen LogP contribution < -0.4 is 0 Å². The summed E-state index contributed by atoms with van der Waals surface area (Å²) >= 11 is 3.97. The van der Waals surface area contributed by atoms with Gasteiger partial charge in [-0.15, -0.1) is 0 Å². The standard InChI is InChI=1S/C25H54BrP/c1-5-6-7-8-9-10-11-12-13-14-15-16-17-18-19-20-21-22-23-24-25-27(2,3,4)26/h5-25H2,1-4H3. The van der Waals surface area contributed by atoms with Gasteiger partial charge in [-0.3, -0.25) is 0 Å². The molecule has 166 valence electrons. The third kappa shape index (κ3) is 26.9. The predicted molar refractivity (Wildman–Crippen MR) is 136 cm³/mol. The fourth-order valence-corrected chi connectivity index (χ4v) is 5.95. The molecule has 0 spiro atoms. The van der Waals surface area contributed by atoms with E-state index in [2.05, 4.69) is 42.4 Å². The Labute approximate surface area is 182 Å². The molecule has 0 bridgehead atoms. The Hall–Kier alpha value is 0.910. The molecular weight excluding hydrogens is 411 g/mol. The molecule has 0 aliphatic rings. The van der Waals surface area contributed by atoms with Crippen molar-refractivity contribution in [3.05, 3.63) is 0 Å². The van der Waals surface area contributed by atoms with Crippen LogP contribution in [-0.2, 0) is 0 Å². The Balaban J connectivity index is 3.07. The first-order chi connectivity index (χ1) is 12.8. The molecule has 0 amide bonds. The average molecular weight is 466 g/mol. The first-order valence-corrected chi connectivity index (χ1v) is 18.3. The van der Waals surface area contributed by atoms with Crippen LogP contribution in [0.25, 0.3) is 0 Å². The van der Waals surface area contributed by atoms with Gasteiger partial charge < -0.3 is 0 Å². The van der Waals surface area contributed by atoms with Crippen molar-refractivity contribution in [1.29, 1.82) is 0 Å². The summed E-state index contributed by atoms with van der Waals surface area (Å²) < 4.78 is 0. The summed E-state index contributed by atoms with van der Waals surface area (Å²) in [6, 6.07) is 0. The van der Waals surface area contributed by atoms with Crippen LogP contribution in [0.5, 0.6) is 0 Å². The molecule has 0 atom stereocenters. The summed E-state index contributed by atoms with van der Waals surface area (Å²) in [5, 5.41) is -1.41. The number of hydrogen-bond donors (Lipinski definition) is 0. The molecular formula is C25H54BrP. The number of halogens is 1. The van der Waals surface area contributed by atoms with Crippen molar-refractivity contribution < 1.29 is 0 Å². The summed E-state index contributed by atoms with van der Waals surface area (Å²) in [6.45, 7) is 9.60. The van der Waals surface area contributed by atoms with Gasteiger partial charge in [0.2, 0.25) is 0 Å². The molecule has 0 aromatic heterocycles. The van der Waals surface area contributed by atoms with Gasteiger partial charge in [-0.2, -0.15) is 0 Å². The van der Waals surface area contributed by atoms with Crippen LogP contribution in [0.3, 0.4) is 0 Å². The summed E-state index contributed by atoms with van der Waals surface area (Å²) in [5.41, 5.74) is 0. The van der Waals surface area contributed by atoms with Crippen molar-refractivity contribution in [3.63, 3.8) is 0 Å². The Bertz CT molecular complexity index is 296. The van der Waals surface area contributed by atoms with Gasteiger partial charge in [0, 0.05) is 0 Å². The Morgan fingerprint density at radius 3 is 0.852 bits per heavy atom. The maximum absolute atomic E-state index is 3.97. The van der Waals surface area contributed by atoms with Crippen LogP contribution in [-0.4, -0.2) is 26.2 Å². The molecule has 0 saturated heterocycles. The first kappa shape index (κ1) is 27.9. The van der Waals surface area contributed by atoms with Crippen molar-refractivity contribution >= 4 is 20.8 Å². The van der Waals surface area contributed by atoms with Gasteiger partial charge in [0.05, 0.1) is 0 Å². The number of rotatable bonds is 21. The van der Waals surface area contributed by atoms with Crippen molar-refractivity contribution in [2.75, 3.05) is 26.2 Å². The van der Waals surface area contributed by atoms with Crippen molar-refractivity contribution in [2.45, 2.75) is 135 Å². The molecule has 27 heavy (non-hydrogen) atoms. The Morgan fingerprint density at radius 2 is 0.630 bits per heavy atom. The quantitative estimate of drug-likeness (QED) is 0.117. The molecule has 0 aromatic carbocycles. The normalized spacial score (nSPS) is 13.6. The van der Waals surface area contributed by atoms with Crippen LogP contribution in [0.1, 0.15) is 135 Å². The fourth-order valence-electron chi connectivity index (χ4n) is 3.90. The van der Waals surface area contributed by atoms with Gasteiger partial charge in [0.15, 0.2) is 0 Å². The van der Waals surface area contributed by atoms with Crippen molar-refractivity contribution in [2.24, 2.45) is 0 Å². The third-order valence-corrected chi connectivity index (χ3v) is 8.66. The van der Waals surface area contributed by atoms with Crippen LogP contribution in [0.2, 0.25) is 0 Å². The van der Waals surface area contributed by atoms with E-state index in [1.807, 2.05) is 0 Å². The van der Waals surface area contributed by atoms with Crippen molar-refractivity contribution in [1.82, 2.24) is 0 Å². The van der Waals surface area contributed by atoms with E-state index in [0.29, 0.717) is 0 Å². The van der Waals surface area contributed by atoms with Crippen LogP contribution in [0.15, 0.2) is 0 Å². The van der Waals surface area contributed by atoms with E-state index in [4.69, 9.17) is 0 Å². The average Bonchev–Trinajstić information content (AvgIpc) is 2.58. The van der Waals surface area contributed by atoms with Gasteiger partial charge in [-0.05, 0) is 0 Å². The SMILES string of the molecule is CCCCCCCCCCCCCCCCCCCCCCP(C)(C)(C)Br. The van der Waals surface area contributed by atoms with Gasteiger partial charge in [0.25, 0.3) is 0 Å². The van der Waals surface area contributed by atoms with Crippen LogP contribution in [0.4, 0.5) is 0 Å². The molecule has 0 rings (SSSR count). The first-order valence-electron chi connectivity index (χ1n) is 12.5. The molecule has 0 N–H and O–H groups in total. The summed E-state index contributed by atoms with van der Waals surface area (Å²) in [6.07, 6.45) is 30.7. The predicted octanol–water partition coefficient (Wildman–Crippen LogP) is 10.6. The van der Waals surface area contributed by atoms with Crippen LogP contribution >= 0.6 is 20.8 Å². The minimum absolute atomic E-state index is 1.37. The third-order valence-electron chi connectivity index (χ3n) is 5.77. The monoisotopic (exact) mass is 464 g/mol. The zero-order valence-electron chi connectivity index (χ0n) is 19.7. The fraction of sp³-hybridized carbons (Fsp3) is 1.00. The molecule has 0 nitrogen and oxygen atoms in total. The molecule has 0 aromatic rings. The zero-order chi connectivity index (χ0) is 20.3. The van der Waals surface area contributed by atoms with Gasteiger partial charge >= 0.3 is 118 Å². The topological polar surface area (TPSA) is 0 Å².